The molecule has 24 heavy (non-hydrogen) atoms. The van der Waals surface area contributed by atoms with Gasteiger partial charge >= 0.3 is 0 Å². The van der Waals surface area contributed by atoms with Crippen molar-refractivity contribution in [1.82, 2.24) is 3.71 Å². The van der Waals surface area contributed by atoms with E-state index in [2.05, 4.69) is 31.9 Å². The van der Waals surface area contributed by atoms with Crippen molar-refractivity contribution in [3.63, 3.8) is 0 Å². The summed E-state index contributed by atoms with van der Waals surface area (Å²) in [5.41, 5.74) is 5.30. The van der Waals surface area contributed by atoms with E-state index >= 15 is 0 Å². The Morgan fingerprint density at radius 2 is 1.17 bits per heavy atom. The van der Waals surface area contributed by atoms with E-state index in [4.69, 9.17) is 11.1 Å². The van der Waals surface area contributed by atoms with Crippen LogP contribution in [0.25, 0.3) is 0 Å². The lowest BCUT2D eigenvalue weighted by Crippen LogP contribution is -2.45. The smallest absolute Gasteiger partial charge is 0.281 e. The monoisotopic (exact) mass is 495 g/mol. The van der Waals surface area contributed by atoms with Crippen molar-refractivity contribution in [3.8, 4) is 0 Å². The zero-order valence-corrected chi connectivity index (χ0v) is 16.7. The molecule has 0 bridgehead atoms. The summed E-state index contributed by atoms with van der Waals surface area (Å²) in [7, 11) is -9.25. The molecule has 0 unspecified atom stereocenters. The normalized spacial score (nSPS) is 11.9. The first kappa shape index (κ1) is 18.9. The van der Waals surface area contributed by atoms with Crippen molar-refractivity contribution in [2.24, 2.45) is 5.73 Å². The number of rotatable bonds is 4. The van der Waals surface area contributed by atoms with E-state index in [9.17, 15) is 16.8 Å². The first-order chi connectivity index (χ1) is 11.1. The van der Waals surface area contributed by atoms with Crippen molar-refractivity contribution in [2.75, 3.05) is 0 Å². The molecule has 0 aliphatic heterocycles. The molecule has 2 aromatic rings. The number of guanidine groups is 1. The molecule has 0 saturated heterocycles. The van der Waals surface area contributed by atoms with Gasteiger partial charge in [0.25, 0.3) is 20.0 Å². The molecule has 0 spiro atoms. The van der Waals surface area contributed by atoms with Crippen LogP contribution in [0.5, 0.6) is 0 Å². The van der Waals surface area contributed by atoms with Crippen molar-refractivity contribution < 1.29 is 16.8 Å². The fraction of sp³-hybridized carbons (Fsp3) is 0. The highest BCUT2D eigenvalue weighted by Gasteiger charge is 2.39. The number of nitrogens with two attached hydrogens (primary N) is 1. The minimum absolute atomic E-state index is 0.0970. The van der Waals surface area contributed by atoms with Gasteiger partial charge in [-0.15, -0.1) is 3.71 Å². The van der Waals surface area contributed by atoms with Crippen LogP contribution in [-0.2, 0) is 20.0 Å². The molecule has 0 aromatic heterocycles. The van der Waals surface area contributed by atoms with Gasteiger partial charge in [0.05, 0.1) is 0 Å². The van der Waals surface area contributed by atoms with Crippen LogP contribution >= 0.6 is 31.9 Å². The second-order valence-corrected chi connectivity index (χ2v) is 9.90. The fourth-order valence-corrected chi connectivity index (χ4v) is 7.19. The summed E-state index contributed by atoms with van der Waals surface area (Å²) in [6.07, 6.45) is 0. The zero-order chi connectivity index (χ0) is 18.1. The Morgan fingerprint density at radius 3 is 1.46 bits per heavy atom. The van der Waals surface area contributed by atoms with Gasteiger partial charge in [0.1, 0.15) is 9.79 Å². The summed E-state index contributed by atoms with van der Waals surface area (Å²) in [6.45, 7) is 0. The molecule has 0 saturated carbocycles. The summed E-state index contributed by atoms with van der Waals surface area (Å²) in [5.74, 6) is -1.14. The van der Waals surface area contributed by atoms with Gasteiger partial charge in [0, 0.05) is 8.95 Å². The molecule has 0 aliphatic rings. The Hall–Kier alpha value is -1.43. The highest BCUT2D eigenvalue weighted by molar-refractivity contribution is 9.10. The molecule has 0 radical (unpaired) electrons. The van der Waals surface area contributed by atoms with Gasteiger partial charge in [-0.25, -0.2) is 0 Å². The maximum Gasteiger partial charge on any atom is 0.281 e. The maximum atomic E-state index is 12.8. The molecular weight excluding hydrogens is 486 g/mol. The molecule has 2 rings (SSSR count). The third kappa shape index (κ3) is 3.34. The molecule has 3 N–H and O–H groups in total. The minimum Gasteiger partial charge on any atom is -0.368 e. The fourth-order valence-electron chi connectivity index (χ4n) is 1.87. The zero-order valence-electron chi connectivity index (χ0n) is 11.8. The largest absolute Gasteiger partial charge is 0.368 e. The first-order valence-corrected chi connectivity index (χ1v) is 10.7. The topological polar surface area (TPSA) is 121 Å². The third-order valence-electron chi connectivity index (χ3n) is 2.86. The summed E-state index contributed by atoms with van der Waals surface area (Å²) >= 11 is 6.13. The van der Waals surface area contributed by atoms with Gasteiger partial charge in [0.2, 0.25) is 5.96 Å². The maximum absolute atomic E-state index is 12.8. The predicted molar refractivity (Wildman–Crippen MR) is 96.4 cm³/mol. The van der Waals surface area contributed by atoms with Crippen molar-refractivity contribution in [1.29, 1.82) is 5.41 Å². The Labute approximate surface area is 156 Å². The number of benzene rings is 2. The van der Waals surface area contributed by atoms with Gasteiger partial charge in [-0.3, -0.25) is 5.41 Å². The van der Waals surface area contributed by atoms with Crippen LogP contribution in [-0.4, -0.2) is 26.5 Å². The summed E-state index contributed by atoms with van der Waals surface area (Å²) < 4.78 is 51.4. The van der Waals surface area contributed by atoms with Crippen LogP contribution in [0.2, 0.25) is 0 Å². The van der Waals surface area contributed by atoms with Gasteiger partial charge in [-0.05, 0) is 56.1 Å². The third-order valence-corrected chi connectivity index (χ3v) is 9.04. The standard InChI is InChI=1S/C13H11Br2N3O4S2/c14-9-5-1-3-7-11(9)23(19,20)18(13(16)17)24(21,22)12-8-4-2-6-10(12)15/h1-8H,(H3,16,17). The molecule has 7 nitrogen and oxygen atoms in total. The average Bonchev–Trinajstić information content (AvgIpc) is 2.46. The van der Waals surface area contributed by atoms with Gasteiger partial charge in [-0.1, -0.05) is 24.3 Å². The summed E-state index contributed by atoms with van der Waals surface area (Å²) in [5, 5.41) is 7.52. The van der Waals surface area contributed by atoms with E-state index in [0.29, 0.717) is 0 Å². The van der Waals surface area contributed by atoms with Crippen LogP contribution in [0, 0.1) is 5.41 Å². The first-order valence-electron chi connectivity index (χ1n) is 6.24. The van der Waals surface area contributed by atoms with E-state index < -0.39 is 26.0 Å². The van der Waals surface area contributed by atoms with Gasteiger partial charge in [0.15, 0.2) is 0 Å². The van der Waals surface area contributed by atoms with Gasteiger partial charge in [-0.2, -0.15) is 16.8 Å². The van der Waals surface area contributed by atoms with Crippen LogP contribution in [0.3, 0.4) is 0 Å². The second kappa shape index (κ2) is 6.82. The van der Waals surface area contributed by atoms with E-state index in [1.807, 2.05) is 0 Å². The van der Waals surface area contributed by atoms with E-state index in [-0.39, 0.29) is 22.4 Å². The predicted octanol–water partition coefficient (Wildman–Crippen LogP) is 2.48. The molecule has 128 valence electrons. The number of hydrogen-bond acceptors (Lipinski definition) is 5. The van der Waals surface area contributed by atoms with Crippen LogP contribution in [0.1, 0.15) is 0 Å². The molecule has 11 heteroatoms. The SMILES string of the molecule is N=C(N)N(S(=O)(=O)c1ccccc1Br)S(=O)(=O)c1ccccc1Br. The van der Waals surface area contributed by atoms with Crippen molar-refractivity contribution in [3.05, 3.63) is 57.5 Å². The average molecular weight is 497 g/mol. The lowest BCUT2D eigenvalue weighted by Gasteiger charge is -2.23. The summed E-state index contributed by atoms with van der Waals surface area (Å²) in [6, 6.07) is 11.3. The van der Waals surface area contributed by atoms with Crippen LogP contribution < -0.4 is 5.73 Å². The Morgan fingerprint density at radius 1 is 0.833 bits per heavy atom. The number of nitrogens with zero attached hydrogens (tertiary/aromatic N) is 1. The Balaban J connectivity index is 2.74. The molecule has 0 atom stereocenters. The van der Waals surface area contributed by atoms with Gasteiger partial charge < -0.3 is 5.73 Å². The molecule has 0 fully saturated rings. The van der Waals surface area contributed by atoms with E-state index in [0.717, 1.165) is 0 Å². The molecule has 2 aromatic carbocycles. The molecule has 0 aliphatic carbocycles. The highest BCUT2D eigenvalue weighted by Crippen LogP contribution is 2.31. The number of hydrogen-bond donors (Lipinski definition) is 2. The number of halogens is 2. The highest BCUT2D eigenvalue weighted by atomic mass is 79.9. The lowest BCUT2D eigenvalue weighted by molar-refractivity contribution is 0.544. The molecule has 0 amide bonds. The van der Waals surface area contributed by atoms with E-state index in [1.54, 1.807) is 12.1 Å². The lowest BCUT2D eigenvalue weighted by atomic mass is 10.4. The van der Waals surface area contributed by atoms with Crippen molar-refractivity contribution in [2.45, 2.75) is 9.79 Å². The van der Waals surface area contributed by atoms with Crippen LogP contribution in [0.15, 0.2) is 67.3 Å². The quantitative estimate of drug-likeness (QED) is 0.497. The molecular formula is C13H11Br2N3O4S2. The van der Waals surface area contributed by atoms with Crippen molar-refractivity contribution >= 4 is 57.9 Å². The Kier molecular flexibility index (Phi) is 5.37. The molecule has 0 heterocycles. The summed E-state index contributed by atoms with van der Waals surface area (Å²) in [4.78, 5) is -0.647. The second-order valence-electron chi connectivity index (χ2n) is 4.45. The number of nitrogens with one attached hydrogen (secondary N) is 1. The van der Waals surface area contributed by atoms with E-state index in [1.165, 1.54) is 36.4 Å². The van der Waals surface area contributed by atoms with Crippen LogP contribution in [0.4, 0.5) is 0 Å². The Bertz CT molecular complexity index is 932. The minimum atomic E-state index is -4.63. The number of sulfonamides is 2.